The van der Waals surface area contributed by atoms with Gasteiger partial charge in [0.05, 0.1) is 0 Å². The molecule has 1 aromatic carbocycles. The molecule has 0 amide bonds. The first-order valence-electron chi connectivity index (χ1n) is 4.25. The molecule has 0 aliphatic heterocycles. The van der Waals surface area contributed by atoms with E-state index >= 15 is 0 Å². The van der Waals surface area contributed by atoms with Crippen LogP contribution in [0, 0.1) is 0 Å². The summed E-state index contributed by atoms with van der Waals surface area (Å²) in [4.78, 5) is 0. The van der Waals surface area contributed by atoms with Gasteiger partial charge >= 0.3 is 87.6 Å². The molecule has 0 fully saturated rings. The van der Waals surface area contributed by atoms with Gasteiger partial charge in [0.15, 0.2) is 0 Å². The van der Waals surface area contributed by atoms with E-state index in [0.29, 0.717) is 16.5 Å². The molecular formula is C9H14AsNO3. The third-order valence-electron chi connectivity index (χ3n) is 1.88. The summed E-state index contributed by atoms with van der Waals surface area (Å²) in [5, 5.41) is 9.16. The second-order valence-electron chi connectivity index (χ2n) is 3.23. The van der Waals surface area contributed by atoms with Crippen LogP contribution in [-0.4, -0.2) is 34.7 Å². The summed E-state index contributed by atoms with van der Waals surface area (Å²) in [6.45, 7) is 1.68. The Morgan fingerprint density at radius 2 is 2.07 bits per heavy atom. The van der Waals surface area contributed by atoms with E-state index < -0.39 is 21.4 Å². The summed E-state index contributed by atoms with van der Waals surface area (Å²) in [5.41, 5.74) is 7.04. The van der Waals surface area contributed by atoms with Gasteiger partial charge in [0.2, 0.25) is 0 Å². The molecule has 0 saturated heterocycles. The normalized spacial score (nSPS) is 13.2. The van der Waals surface area contributed by atoms with Crippen LogP contribution in [0.1, 0.15) is 12.5 Å². The second-order valence-corrected chi connectivity index (χ2v) is 5.52. The number of anilines is 1. The van der Waals surface area contributed by atoms with Crippen LogP contribution in [0.3, 0.4) is 0 Å². The molecule has 0 saturated carbocycles. The zero-order valence-corrected chi connectivity index (χ0v) is 9.76. The molecule has 0 aliphatic carbocycles. The van der Waals surface area contributed by atoms with Crippen molar-refractivity contribution in [3.63, 3.8) is 0 Å². The molecule has 1 unspecified atom stereocenters. The van der Waals surface area contributed by atoms with E-state index in [1.165, 1.54) is 0 Å². The summed E-state index contributed by atoms with van der Waals surface area (Å²) in [6, 6.07) is 4.94. The molecule has 1 aromatic rings. The third kappa shape index (κ3) is 2.99. The Bertz CT molecular complexity index is 315. The standard InChI is InChI=1S/C9H14AsNO3/c1-6(12)4-7-2-3-8(10(13)14)5-9(7)11/h2-3,5-6,12-14H,4,11H2,1H3. The van der Waals surface area contributed by atoms with E-state index in [1.807, 2.05) is 0 Å². The van der Waals surface area contributed by atoms with E-state index in [-0.39, 0.29) is 0 Å². The van der Waals surface area contributed by atoms with Crippen molar-refractivity contribution in [1.29, 1.82) is 0 Å². The Morgan fingerprint density at radius 3 is 2.50 bits per heavy atom. The minimum absolute atomic E-state index is 0.444. The molecular weight excluding hydrogens is 245 g/mol. The van der Waals surface area contributed by atoms with Crippen molar-refractivity contribution in [2.75, 3.05) is 5.73 Å². The molecule has 14 heavy (non-hydrogen) atoms. The first-order chi connectivity index (χ1) is 6.50. The Kier molecular flexibility index (Phi) is 3.95. The number of benzene rings is 1. The van der Waals surface area contributed by atoms with Crippen LogP contribution in [0.4, 0.5) is 5.69 Å². The van der Waals surface area contributed by atoms with E-state index in [4.69, 9.17) is 19.0 Å². The van der Waals surface area contributed by atoms with Crippen LogP contribution < -0.4 is 10.1 Å². The van der Waals surface area contributed by atoms with Crippen molar-refractivity contribution in [3.8, 4) is 0 Å². The fraction of sp³-hybridized carbons (Fsp3) is 0.333. The Labute approximate surface area is 88.0 Å². The van der Waals surface area contributed by atoms with Crippen molar-refractivity contribution >= 4 is 25.4 Å². The molecule has 1 rings (SSSR count). The molecule has 0 aromatic heterocycles. The number of rotatable bonds is 3. The van der Waals surface area contributed by atoms with Gasteiger partial charge in [-0.1, -0.05) is 0 Å². The number of aliphatic hydroxyl groups excluding tert-OH is 1. The fourth-order valence-electron chi connectivity index (χ4n) is 1.21. The van der Waals surface area contributed by atoms with Gasteiger partial charge in [-0.3, -0.25) is 0 Å². The molecule has 1 atom stereocenters. The first-order valence-corrected chi connectivity index (χ1v) is 6.86. The zero-order chi connectivity index (χ0) is 10.7. The van der Waals surface area contributed by atoms with Crippen LogP contribution in [0.5, 0.6) is 0 Å². The molecule has 0 radical (unpaired) electrons. The maximum absolute atomic E-state index is 9.16. The number of nitrogen functional groups attached to an aromatic ring is 1. The first kappa shape index (κ1) is 11.5. The maximum atomic E-state index is 9.16. The molecule has 0 aliphatic rings. The molecule has 78 valence electrons. The van der Waals surface area contributed by atoms with Crippen LogP contribution in [-0.2, 0) is 6.42 Å². The van der Waals surface area contributed by atoms with Gasteiger partial charge < -0.3 is 0 Å². The van der Waals surface area contributed by atoms with Gasteiger partial charge in [-0.25, -0.2) is 0 Å². The molecule has 5 N–H and O–H groups in total. The Hall–Kier alpha value is -0.542. The third-order valence-corrected chi connectivity index (χ3v) is 3.43. The van der Waals surface area contributed by atoms with Crippen molar-refractivity contribution < 1.29 is 13.3 Å². The van der Waals surface area contributed by atoms with Gasteiger partial charge in [-0.15, -0.1) is 0 Å². The SMILES string of the molecule is CC(O)Cc1ccc([As](O)O)cc1N. The van der Waals surface area contributed by atoms with Gasteiger partial charge in [-0.05, 0) is 0 Å². The van der Waals surface area contributed by atoms with E-state index in [9.17, 15) is 0 Å². The number of hydrogen-bond acceptors (Lipinski definition) is 4. The van der Waals surface area contributed by atoms with Crippen LogP contribution in [0.2, 0.25) is 0 Å². The number of aliphatic hydroxyl groups is 1. The second kappa shape index (κ2) is 4.80. The monoisotopic (exact) mass is 259 g/mol. The number of nitrogens with two attached hydrogens (primary N) is 1. The molecule has 4 nitrogen and oxygen atoms in total. The zero-order valence-electron chi connectivity index (χ0n) is 7.88. The predicted molar refractivity (Wildman–Crippen MR) is 56.1 cm³/mol. The van der Waals surface area contributed by atoms with Gasteiger partial charge in [0, 0.05) is 0 Å². The Morgan fingerprint density at radius 1 is 1.43 bits per heavy atom. The van der Waals surface area contributed by atoms with Crippen molar-refractivity contribution in [3.05, 3.63) is 23.8 Å². The van der Waals surface area contributed by atoms with Crippen molar-refractivity contribution in [2.24, 2.45) is 0 Å². The van der Waals surface area contributed by atoms with Gasteiger partial charge in [0.1, 0.15) is 0 Å². The van der Waals surface area contributed by atoms with Crippen LogP contribution in [0.25, 0.3) is 0 Å². The summed E-state index contributed by atoms with van der Waals surface area (Å²) in [7, 11) is 0. The quantitative estimate of drug-likeness (QED) is 0.409. The van der Waals surface area contributed by atoms with E-state index in [1.54, 1.807) is 25.1 Å². The van der Waals surface area contributed by atoms with E-state index in [0.717, 1.165) is 5.56 Å². The van der Waals surface area contributed by atoms with Crippen LogP contribution in [0.15, 0.2) is 18.2 Å². The molecule has 5 heteroatoms. The number of hydrogen-bond donors (Lipinski definition) is 4. The van der Waals surface area contributed by atoms with Crippen molar-refractivity contribution in [1.82, 2.24) is 0 Å². The average Bonchev–Trinajstić information content (AvgIpc) is 2.07. The summed E-state index contributed by atoms with van der Waals surface area (Å²) in [6.07, 6.45) is 0.0377. The Balaban J connectivity index is 2.90. The van der Waals surface area contributed by atoms with Crippen LogP contribution >= 0.6 is 0 Å². The minimum atomic E-state index is -2.82. The molecule has 0 bridgehead atoms. The topological polar surface area (TPSA) is 86.7 Å². The van der Waals surface area contributed by atoms with Gasteiger partial charge in [0.25, 0.3) is 0 Å². The van der Waals surface area contributed by atoms with Crippen molar-refractivity contribution in [2.45, 2.75) is 19.4 Å². The fourth-order valence-corrected chi connectivity index (χ4v) is 2.18. The van der Waals surface area contributed by atoms with E-state index in [2.05, 4.69) is 0 Å². The van der Waals surface area contributed by atoms with Gasteiger partial charge in [-0.2, -0.15) is 0 Å². The summed E-state index contributed by atoms with van der Waals surface area (Å²) in [5.74, 6) is 0. The predicted octanol–water partition coefficient (Wildman–Crippen LogP) is -1.13. The summed E-state index contributed by atoms with van der Waals surface area (Å²) < 4.78 is 18.5. The average molecular weight is 259 g/mol. The molecule has 0 heterocycles. The molecule has 0 spiro atoms. The summed E-state index contributed by atoms with van der Waals surface area (Å²) >= 11 is -2.82.